The second kappa shape index (κ2) is 13.3. The van der Waals surface area contributed by atoms with E-state index in [4.69, 9.17) is 5.11 Å². The maximum absolute atomic E-state index is 14.0. The molecule has 46 heavy (non-hydrogen) atoms. The molecular weight excluding hydrogens is 764 g/mol. The predicted octanol–water partition coefficient (Wildman–Crippen LogP) is 10.9. The number of alkyl halides is 3. The van der Waals surface area contributed by atoms with Gasteiger partial charge in [-0.05, 0) is 75.0 Å². The smallest absolute Gasteiger partial charge is 0.403 e. The van der Waals surface area contributed by atoms with E-state index in [2.05, 4.69) is 53.5 Å². The van der Waals surface area contributed by atoms with Crippen molar-refractivity contribution in [3.8, 4) is 22.4 Å². The minimum absolute atomic E-state index is 0. The van der Waals surface area contributed by atoms with E-state index in [-0.39, 0.29) is 37.0 Å². The summed E-state index contributed by atoms with van der Waals surface area (Å²) in [5.41, 5.74) is 2.45. The number of rotatable bonds is 3. The van der Waals surface area contributed by atoms with Gasteiger partial charge in [0.15, 0.2) is 5.78 Å². The summed E-state index contributed by atoms with van der Waals surface area (Å²) < 4.78 is 42.0. The zero-order valence-electron chi connectivity index (χ0n) is 24.8. The molecule has 7 heteroatoms. The number of nitrogens with zero attached hydrogens (tertiary/aromatic N) is 1. The molecule has 0 aliphatic rings. The van der Waals surface area contributed by atoms with E-state index in [0.29, 0.717) is 16.6 Å². The number of fused-ring (bicyclic) bond motifs is 6. The first-order chi connectivity index (χ1) is 21.6. The van der Waals surface area contributed by atoms with Gasteiger partial charge in [0.2, 0.25) is 0 Å². The van der Waals surface area contributed by atoms with Crippen LogP contribution in [0.15, 0.2) is 127 Å². The molecule has 1 radical (unpaired) electrons. The van der Waals surface area contributed by atoms with Crippen molar-refractivity contribution in [3.05, 3.63) is 139 Å². The van der Waals surface area contributed by atoms with Gasteiger partial charge < -0.3 is 5.11 Å². The van der Waals surface area contributed by atoms with Gasteiger partial charge in [-0.1, -0.05) is 95.9 Å². The molecule has 1 N–H and O–H groups in total. The average Bonchev–Trinajstić information content (AvgIpc) is 3.03. The van der Waals surface area contributed by atoms with Gasteiger partial charge in [0, 0.05) is 38.1 Å². The first-order valence-electron chi connectivity index (χ1n) is 14.3. The van der Waals surface area contributed by atoms with Crippen molar-refractivity contribution in [2.75, 3.05) is 0 Å². The van der Waals surface area contributed by atoms with Crippen molar-refractivity contribution in [1.82, 2.24) is 4.98 Å². The molecule has 0 aliphatic heterocycles. The third kappa shape index (κ3) is 6.57. The normalized spacial score (nSPS) is 11.7. The van der Waals surface area contributed by atoms with E-state index in [9.17, 15) is 18.0 Å². The van der Waals surface area contributed by atoms with E-state index in [1.165, 1.54) is 32.1 Å². The second-order valence-electron chi connectivity index (χ2n) is 10.8. The summed E-state index contributed by atoms with van der Waals surface area (Å²) in [6, 6.07) is 37.7. The number of pyridine rings is 1. The number of aliphatic hydroxyl groups excluding tert-OH is 1. The number of aromatic nitrogens is 1. The fourth-order valence-corrected chi connectivity index (χ4v) is 5.72. The van der Waals surface area contributed by atoms with Gasteiger partial charge in [-0.25, -0.2) is 0 Å². The Balaban J connectivity index is 0.000000471. The van der Waals surface area contributed by atoms with Gasteiger partial charge in [-0.2, -0.15) is 13.2 Å². The van der Waals surface area contributed by atoms with Crippen molar-refractivity contribution in [1.29, 1.82) is 0 Å². The molecule has 1 aromatic heterocycles. The average molecular weight is 791 g/mol. The van der Waals surface area contributed by atoms with Gasteiger partial charge in [0.1, 0.15) is 0 Å². The molecule has 7 aromatic rings. The van der Waals surface area contributed by atoms with Crippen LogP contribution in [0, 0.1) is 6.07 Å². The largest absolute Gasteiger partial charge is 0.512 e. The van der Waals surface area contributed by atoms with E-state index in [1.807, 2.05) is 36.4 Å². The number of hydrogen-bond donors (Lipinski definition) is 1. The predicted molar refractivity (Wildman–Crippen MR) is 176 cm³/mol. The summed E-state index contributed by atoms with van der Waals surface area (Å²) in [5, 5.41) is 15.0. The SMILES string of the molecule is CC(=O)/C=C(/C)O.FC(F)(F)c1cc(-c2nccc3c2ccc2c4ccc(-c5ccccc5)cc4ccc32)[c-]c2ccccc12.[Ir]. The Bertz CT molecular complexity index is 2260. The van der Waals surface area contributed by atoms with Gasteiger partial charge >= 0.3 is 6.18 Å². The zero-order chi connectivity index (χ0) is 31.7. The number of carbonyl (C=O) groups excluding carboxylic acids is 1. The molecule has 3 nitrogen and oxygen atoms in total. The summed E-state index contributed by atoms with van der Waals surface area (Å²) in [6.07, 6.45) is -1.66. The van der Waals surface area contributed by atoms with Crippen molar-refractivity contribution >= 4 is 48.9 Å². The monoisotopic (exact) mass is 791 g/mol. The molecule has 0 bridgehead atoms. The van der Waals surface area contributed by atoms with Crippen LogP contribution < -0.4 is 0 Å². The number of carbonyl (C=O) groups is 1. The van der Waals surface area contributed by atoms with Crippen molar-refractivity contribution in [3.63, 3.8) is 0 Å². The topological polar surface area (TPSA) is 50.2 Å². The van der Waals surface area contributed by atoms with Crippen LogP contribution in [-0.2, 0) is 31.1 Å². The molecule has 0 fully saturated rings. The number of halogens is 3. The van der Waals surface area contributed by atoms with Crippen molar-refractivity contribution in [2.24, 2.45) is 0 Å². The summed E-state index contributed by atoms with van der Waals surface area (Å²) >= 11 is 0. The van der Waals surface area contributed by atoms with Gasteiger partial charge in [0.05, 0.1) is 5.76 Å². The molecular formula is C39H27F3IrNO2-. The van der Waals surface area contributed by atoms with E-state index < -0.39 is 11.7 Å². The van der Waals surface area contributed by atoms with Crippen LogP contribution in [0.2, 0.25) is 0 Å². The molecule has 0 amide bonds. The van der Waals surface area contributed by atoms with Crippen LogP contribution in [0.25, 0.3) is 65.5 Å². The molecule has 0 saturated heterocycles. The third-order valence-electron chi connectivity index (χ3n) is 7.61. The van der Waals surface area contributed by atoms with Crippen LogP contribution >= 0.6 is 0 Å². The second-order valence-corrected chi connectivity index (χ2v) is 10.8. The van der Waals surface area contributed by atoms with E-state index in [1.54, 1.807) is 24.4 Å². The van der Waals surface area contributed by atoms with Crippen LogP contribution in [0.4, 0.5) is 13.2 Å². The van der Waals surface area contributed by atoms with Crippen LogP contribution in [0.1, 0.15) is 19.4 Å². The molecule has 7 rings (SSSR count). The first-order valence-corrected chi connectivity index (χ1v) is 14.3. The molecule has 1 heterocycles. The molecule has 0 saturated carbocycles. The minimum atomic E-state index is -4.49. The maximum Gasteiger partial charge on any atom is 0.403 e. The third-order valence-corrected chi connectivity index (χ3v) is 7.61. The maximum atomic E-state index is 14.0. The molecule has 0 atom stereocenters. The number of aliphatic hydroxyl groups is 1. The fourth-order valence-electron chi connectivity index (χ4n) is 5.72. The Kier molecular flexibility index (Phi) is 9.38. The van der Waals surface area contributed by atoms with Gasteiger partial charge in [-0.15, -0.1) is 23.6 Å². The standard InChI is InChI=1S/C34H19F3N.C5H8O2.Ir/c35-34(36,37)32-20-25(19-23-8-4-5-9-27(23)32)33-31-15-14-28-26-12-10-22(21-6-2-1-3-7-21)18-24(26)11-13-29(28)30(31)16-17-38-33;1-4(6)3-5(2)7;/h1-18,20H;3,6H,1-2H3;/q-1;;/b;4-3-;. The number of allylic oxidation sites excluding steroid dienone is 2. The summed E-state index contributed by atoms with van der Waals surface area (Å²) in [7, 11) is 0. The summed E-state index contributed by atoms with van der Waals surface area (Å²) in [5.74, 6) is -0.0625. The quantitative estimate of drug-likeness (QED) is 0.0839. The Hall–Kier alpha value is -4.84. The molecule has 0 aliphatic carbocycles. The van der Waals surface area contributed by atoms with Gasteiger partial charge in [-0.3, -0.25) is 9.78 Å². The van der Waals surface area contributed by atoms with Crippen molar-refractivity contribution in [2.45, 2.75) is 20.0 Å². The molecule has 0 unspecified atom stereocenters. The Morgan fingerprint density at radius 2 is 1.35 bits per heavy atom. The van der Waals surface area contributed by atoms with E-state index in [0.717, 1.165) is 43.4 Å². The number of ketones is 1. The fraction of sp³-hybridized carbons (Fsp3) is 0.0769. The number of benzene rings is 6. The first kappa shape index (κ1) is 32.5. The van der Waals surface area contributed by atoms with Crippen LogP contribution in [0.5, 0.6) is 0 Å². The Labute approximate surface area is 277 Å². The molecule has 231 valence electrons. The minimum Gasteiger partial charge on any atom is -0.512 e. The van der Waals surface area contributed by atoms with Gasteiger partial charge in [0.25, 0.3) is 0 Å². The molecule has 0 spiro atoms. The zero-order valence-corrected chi connectivity index (χ0v) is 27.2. The van der Waals surface area contributed by atoms with Crippen molar-refractivity contribution < 1.29 is 43.2 Å². The molecule has 6 aromatic carbocycles. The Morgan fingerprint density at radius 1 is 0.717 bits per heavy atom. The summed E-state index contributed by atoms with van der Waals surface area (Å²) in [6.45, 7) is 2.85. The Morgan fingerprint density at radius 3 is 2.04 bits per heavy atom. The number of hydrogen-bond acceptors (Lipinski definition) is 3. The summed E-state index contributed by atoms with van der Waals surface area (Å²) in [4.78, 5) is 14.5. The van der Waals surface area contributed by atoms with Crippen LogP contribution in [-0.4, -0.2) is 15.9 Å². The van der Waals surface area contributed by atoms with Crippen LogP contribution in [0.3, 0.4) is 0 Å². The van der Waals surface area contributed by atoms with E-state index >= 15 is 0 Å².